The molecule has 0 fully saturated rings. The van der Waals surface area contributed by atoms with Gasteiger partial charge in [0.25, 0.3) is 11.6 Å². The molecule has 154 valence electrons. The monoisotopic (exact) mass is 414 g/mol. The highest BCUT2D eigenvalue weighted by molar-refractivity contribution is 5.96. The van der Waals surface area contributed by atoms with Gasteiger partial charge in [-0.3, -0.25) is 14.9 Å². The van der Waals surface area contributed by atoms with Gasteiger partial charge in [0.15, 0.2) is 12.4 Å². The number of esters is 1. The van der Waals surface area contributed by atoms with Crippen molar-refractivity contribution in [3.05, 3.63) is 76.4 Å². The van der Waals surface area contributed by atoms with Crippen LogP contribution in [-0.4, -0.2) is 40.3 Å². The highest BCUT2D eigenvalue weighted by Crippen LogP contribution is 2.22. The molecule has 1 aromatic heterocycles. The van der Waals surface area contributed by atoms with E-state index in [0.717, 1.165) is 18.2 Å². The third-order valence-corrected chi connectivity index (χ3v) is 3.88. The number of nitro groups is 1. The second-order valence-electron chi connectivity index (χ2n) is 5.87. The Labute approximate surface area is 169 Å². The minimum absolute atomic E-state index is 0.133. The fourth-order valence-corrected chi connectivity index (χ4v) is 2.47. The Balaban J connectivity index is 1.67. The van der Waals surface area contributed by atoms with Crippen molar-refractivity contribution in [1.82, 2.24) is 9.78 Å². The Morgan fingerprint density at radius 3 is 2.63 bits per heavy atom. The van der Waals surface area contributed by atoms with Crippen LogP contribution in [0.25, 0.3) is 5.69 Å². The van der Waals surface area contributed by atoms with Crippen LogP contribution in [0, 0.1) is 15.9 Å². The Kier molecular flexibility index (Phi) is 6.01. The Hall–Kier alpha value is -4.28. The van der Waals surface area contributed by atoms with Crippen molar-refractivity contribution < 1.29 is 28.4 Å². The van der Waals surface area contributed by atoms with Crippen LogP contribution in [0.5, 0.6) is 5.75 Å². The number of nitrogens with zero attached hydrogens (tertiary/aromatic N) is 3. The van der Waals surface area contributed by atoms with Gasteiger partial charge in [-0.15, -0.1) is 0 Å². The zero-order valence-electron chi connectivity index (χ0n) is 15.6. The first-order valence-electron chi connectivity index (χ1n) is 8.49. The van der Waals surface area contributed by atoms with Crippen LogP contribution in [0.2, 0.25) is 0 Å². The number of nitro benzene ring substituents is 1. The van der Waals surface area contributed by atoms with Gasteiger partial charge in [-0.1, -0.05) is 18.2 Å². The molecule has 3 aromatic rings. The molecule has 30 heavy (non-hydrogen) atoms. The number of rotatable bonds is 7. The highest BCUT2D eigenvalue weighted by atomic mass is 19.1. The van der Waals surface area contributed by atoms with Gasteiger partial charge >= 0.3 is 5.97 Å². The van der Waals surface area contributed by atoms with Gasteiger partial charge in [-0.05, 0) is 18.2 Å². The Morgan fingerprint density at radius 2 is 1.97 bits per heavy atom. The second kappa shape index (κ2) is 8.82. The van der Waals surface area contributed by atoms with Crippen LogP contribution in [0.1, 0.15) is 10.5 Å². The number of benzene rings is 2. The summed E-state index contributed by atoms with van der Waals surface area (Å²) in [7, 11) is 1.35. The Bertz CT molecular complexity index is 1100. The van der Waals surface area contributed by atoms with Crippen LogP contribution in [0.3, 0.4) is 0 Å². The molecule has 0 spiro atoms. The molecule has 0 aliphatic carbocycles. The summed E-state index contributed by atoms with van der Waals surface area (Å²) < 4.78 is 25.2. The molecule has 11 heteroatoms. The Morgan fingerprint density at radius 1 is 1.23 bits per heavy atom. The predicted octanol–water partition coefficient (Wildman–Crippen LogP) is 2.72. The molecule has 0 unspecified atom stereocenters. The number of non-ortho nitro benzene ring substituents is 1. The number of hydrogen-bond acceptors (Lipinski definition) is 7. The number of ether oxygens (including phenoxy) is 2. The van der Waals surface area contributed by atoms with E-state index in [9.17, 15) is 24.1 Å². The van der Waals surface area contributed by atoms with Crippen molar-refractivity contribution in [2.24, 2.45) is 0 Å². The van der Waals surface area contributed by atoms with E-state index >= 15 is 0 Å². The topological polar surface area (TPSA) is 126 Å². The molecule has 0 aliphatic rings. The predicted molar refractivity (Wildman–Crippen MR) is 102 cm³/mol. The molecule has 0 radical (unpaired) electrons. The van der Waals surface area contributed by atoms with E-state index in [1.54, 1.807) is 24.3 Å². The van der Waals surface area contributed by atoms with Crippen LogP contribution in [0.4, 0.5) is 15.8 Å². The molecule has 3 rings (SSSR count). The number of aromatic nitrogens is 2. The number of anilines is 1. The molecule has 0 bridgehead atoms. The lowest BCUT2D eigenvalue weighted by Gasteiger charge is -2.07. The number of nitrogens with one attached hydrogen (secondary N) is 1. The molecule has 1 N–H and O–H groups in total. The number of para-hydroxylation sites is 1. The zero-order valence-corrected chi connectivity index (χ0v) is 15.6. The standard InChI is InChI=1S/C19H15FN4O6/c1-29-16-10-23(12-5-3-2-4-6-12)22-18(16)19(26)30-11-17(25)21-15-9-13(24(27)28)7-8-14(15)20/h2-10H,11H2,1H3,(H,21,25). The maximum atomic E-state index is 13.7. The third-order valence-electron chi connectivity index (χ3n) is 3.88. The van der Waals surface area contributed by atoms with Gasteiger partial charge in [0.05, 0.1) is 29.6 Å². The van der Waals surface area contributed by atoms with Gasteiger partial charge in [0.1, 0.15) is 5.82 Å². The largest absolute Gasteiger partial charge is 0.493 e. The number of methoxy groups -OCH3 is 1. The van der Waals surface area contributed by atoms with E-state index in [0.29, 0.717) is 5.69 Å². The fourth-order valence-electron chi connectivity index (χ4n) is 2.47. The minimum atomic E-state index is -0.934. The molecule has 2 aromatic carbocycles. The summed E-state index contributed by atoms with van der Waals surface area (Å²) in [5.41, 5.74) is -0.291. The summed E-state index contributed by atoms with van der Waals surface area (Å²) in [6.07, 6.45) is 1.48. The highest BCUT2D eigenvalue weighted by Gasteiger charge is 2.21. The average molecular weight is 414 g/mol. The number of halogens is 1. The van der Waals surface area contributed by atoms with Crippen molar-refractivity contribution >= 4 is 23.3 Å². The van der Waals surface area contributed by atoms with Gasteiger partial charge in [0, 0.05) is 12.1 Å². The smallest absolute Gasteiger partial charge is 0.363 e. The van der Waals surface area contributed by atoms with E-state index in [1.165, 1.54) is 18.0 Å². The van der Waals surface area contributed by atoms with E-state index < -0.39 is 40.6 Å². The summed E-state index contributed by atoms with van der Waals surface area (Å²) >= 11 is 0. The average Bonchev–Trinajstić information content (AvgIpc) is 3.18. The van der Waals surface area contributed by atoms with E-state index in [1.807, 2.05) is 6.07 Å². The van der Waals surface area contributed by atoms with Crippen LogP contribution in [-0.2, 0) is 9.53 Å². The zero-order chi connectivity index (χ0) is 21.7. The van der Waals surface area contributed by atoms with Crippen molar-refractivity contribution in [2.75, 3.05) is 19.0 Å². The molecule has 1 amide bonds. The van der Waals surface area contributed by atoms with Crippen molar-refractivity contribution in [3.8, 4) is 11.4 Å². The van der Waals surface area contributed by atoms with Crippen LogP contribution >= 0.6 is 0 Å². The number of carbonyl (C=O) groups excluding carboxylic acids is 2. The van der Waals surface area contributed by atoms with Gasteiger partial charge in [-0.25, -0.2) is 13.9 Å². The van der Waals surface area contributed by atoms with E-state index in [4.69, 9.17) is 9.47 Å². The molecular formula is C19H15FN4O6. The first-order chi connectivity index (χ1) is 14.4. The van der Waals surface area contributed by atoms with Crippen molar-refractivity contribution in [1.29, 1.82) is 0 Å². The first kappa shape index (κ1) is 20.5. The second-order valence-corrected chi connectivity index (χ2v) is 5.87. The summed E-state index contributed by atoms with van der Waals surface area (Å²) in [6.45, 7) is -0.762. The van der Waals surface area contributed by atoms with Gasteiger partial charge in [0.2, 0.25) is 5.69 Å². The first-order valence-corrected chi connectivity index (χ1v) is 8.49. The molecule has 0 saturated carbocycles. The number of hydrogen-bond donors (Lipinski definition) is 1. The molecule has 0 saturated heterocycles. The van der Waals surface area contributed by atoms with E-state index in [-0.39, 0.29) is 11.4 Å². The van der Waals surface area contributed by atoms with Crippen molar-refractivity contribution in [3.63, 3.8) is 0 Å². The lowest BCUT2D eigenvalue weighted by atomic mass is 10.2. The van der Waals surface area contributed by atoms with Crippen LogP contribution in [0.15, 0.2) is 54.7 Å². The fraction of sp³-hybridized carbons (Fsp3) is 0.105. The molecular weight excluding hydrogens is 399 g/mol. The molecule has 0 aliphatic heterocycles. The molecule has 1 heterocycles. The summed E-state index contributed by atoms with van der Waals surface area (Å²) in [6, 6.07) is 11.6. The summed E-state index contributed by atoms with van der Waals surface area (Å²) in [4.78, 5) is 34.3. The van der Waals surface area contributed by atoms with Gasteiger partial charge < -0.3 is 14.8 Å². The van der Waals surface area contributed by atoms with E-state index in [2.05, 4.69) is 10.4 Å². The normalized spacial score (nSPS) is 10.3. The summed E-state index contributed by atoms with van der Waals surface area (Å²) in [5, 5.41) is 17.0. The lowest BCUT2D eigenvalue weighted by molar-refractivity contribution is -0.384. The van der Waals surface area contributed by atoms with Crippen LogP contribution < -0.4 is 10.1 Å². The minimum Gasteiger partial charge on any atom is -0.493 e. The SMILES string of the molecule is COc1cn(-c2ccccc2)nc1C(=O)OCC(=O)Nc1cc([N+](=O)[O-])ccc1F. The number of amides is 1. The number of carbonyl (C=O) groups is 2. The maximum Gasteiger partial charge on any atom is 0.363 e. The van der Waals surface area contributed by atoms with Crippen molar-refractivity contribution in [2.45, 2.75) is 0 Å². The lowest BCUT2D eigenvalue weighted by Crippen LogP contribution is -2.22. The third kappa shape index (κ3) is 4.58. The maximum absolute atomic E-state index is 13.7. The summed E-state index contributed by atoms with van der Waals surface area (Å²) in [5.74, 6) is -2.56. The quantitative estimate of drug-likeness (QED) is 0.358. The molecule has 0 atom stereocenters. The van der Waals surface area contributed by atoms with Gasteiger partial charge in [-0.2, -0.15) is 5.10 Å². The molecule has 10 nitrogen and oxygen atoms in total.